The molecule has 0 radical (unpaired) electrons. The van der Waals surface area contributed by atoms with E-state index in [0.29, 0.717) is 12.2 Å². The van der Waals surface area contributed by atoms with Gasteiger partial charge in [-0.3, -0.25) is 5.32 Å². The van der Waals surface area contributed by atoms with Crippen molar-refractivity contribution in [1.29, 1.82) is 0 Å². The van der Waals surface area contributed by atoms with E-state index in [0.717, 1.165) is 21.8 Å². The molecule has 7 heteroatoms. The lowest BCUT2D eigenvalue weighted by molar-refractivity contribution is -0.155. The molecule has 0 aromatic heterocycles. The van der Waals surface area contributed by atoms with Crippen molar-refractivity contribution in [3.05, 3.63) is 59.7 Å². The quantitative estimate of drug-likeness (QED) is 0.656. The number of methoxy groups -OCH3 is 1. The van der Waals surface area contributed by atoms with Crippen molar-refractivity contribution in [2.24, 2.45) is 0 Å². The van der Waals surface area contributed by atoms with Crippen LogP contribution in [0.2, 0.25) is 0 Å². The minimum Gasteiger partial charge on any atom is -0.497 e. The Morgan fingerprint density at radius 1 is 1.24 bits per heavy atom. The van der Waals surface area contributed by atoms with Gasteiger partial charge in [0.25, 0.3) is 0 Å². The second-order valence-corrected chi connectivity index (χ2v) is 8.51. The SMILES string of the molecule is CCC1(CC(O)CC(F)(F)F)CSc2ccc(OC)cc2C(c2ccccc2)N1. The number of hydrogen-bond donors (Lipinski definition) is 2. The molecule has 2 aromatic carbocycles. The van der Waals surface area contributed by atoms with Gasteiger partial charge < -0.3 is 9.84 Å². The van der Waals surface area contributed by atoms with Crippen LogP contribution >= 0.6 is 11.8 Å². The molecular formula is C22H26F3NO2S. The highest BCUT2D eigenvalue weighted by atomic mass is 32.2. The highest BCUT2D eigenvalue weighted by molar-refractivity contribution is 7.99. The Morgan fingerprint density at radius 2 is 1.97 bits per heavy atom. The summed E-state index contributed by atoms with van der Waals surface area (Å²) in [7, 11) is 1.61. The number of ether oxygens (including phenoxy) is 1. The van der Waals surface area contributed by atoms with Crippen LogP contribution in [0.15, 0.2) is 53.4 Å². The van der Waals surface area contributed by atoms with E-state index < -0.39 is 24.2 Å². The summed E-state index contributed by atoms with van der Waals surface area (Å²) in [6.07, 6.45) is -6.40. The third kappa shape index (κ3) is 5.47. The molecule has 0 fully saturated rings. The number of alkyl halides is 3. The molecular weight excluding hydrogens is 399 g/mol. The lowest BCUT2D eigenvalue weighted by Crippen LogP contribution is -2.50. The average Bonchev–Trinajstić information content (AvgIpc) is 2.84. The van der Waals surface area contributed by atoms with Crippen molar-refractivity contribution in [3.63, 3.8) is 0 Å². The molecule has 1 aliphatic heterocycles. The molecule has 3 unspecified atom stereocenters. The predicted molar refractivity (Wildman–Crippen MR) is 109 cm³/mol. The average molecular weight is 426 g/mol. The summed E-state index contributed by atoms with van der Waals surface area (Å²) in [5.74, 6) is 1.30. The van der Waals surface area contributed by atoms with Crippen LogP contribution in [0.4, 0.5) is 13.2 Å². The number of thioether (sulfide) groups is 1. The van der Waals surface area contributed by atoms with Crippen molar-refractivity contribution >= 4 is 11.8 Å². The van der Waals surface area contributed by atoms with Gasteiger partial charge in [-0.15, -0.1) is 11.8 Å². The van der Waals surface area contributed by atoms with E-state index >= 15 is 0 Å². The van der Waals surface area contributed by atoms with Gasteiger partial charge in [-0.1, -0.05) is 37.3 Å². The van der Waals surface area contributed by atoms with E-state index in [1.165, 1.54) is 0 Å². The maximum absolute atomic E-state index is 12.8. The molecule has 158 valence electrons. The van der Waals surface area contributed by atoms with Gasteiger partial charge in [0.15, 0.2) is 0 Å². The molecule has 3 atom stereocenters. The van der Waals surface area contributed by atoms with Gasteiger partial charge >= 0.3 is 6.18 Å². The summed E-state index contributed by atoms with van der Waals surface area (Å²) >= 11 is 1.61. The molecule has 0 saturated heterocycles. The largest absolute Gasteiger partial charge is 0.497 e. The van der Waals surface area contributed by atoms with Gasteiger partial charge in [0.2, 0.25) is 0 Å². The number of hydrogen-bond acceptors (Lipinski definition) is 4. The van der Waals surface area contributed by atoms with Crippen LogP contribution in [0.3, 0.4) is 0 Å². The minimum atomic E-state index is -4.39. The first kappa shape index (κ1) is 22.0. The highest BCUT2D eigenvalue weighted by Crippen LogP contribution is 2.42. The van der Waals surface area contributed by atoms with Crippen LogP contribution in [-0.2, 0) is 0 Å². The molecule has 1 aliphatic rings. The monoisotopic (exact) mass is 425 g/mol. The first-order valence-electron chi connectivity index (χ1n) is 9.63. The molecule has 3 nitrogen and oxygen atoms in total. The number of halogens is 3. The second-order valence-electron chi connectivity index (χ2n) is 7.49. The van der Waals surface area contributed by atoms with Gasteiger partial charge in [-0.25, -0.2) is 0 Å². The highest BCUT2D eigenvalue weighted by Gasteiger charge is 2.40. The Bertz CT molecular complexity index is 815. The summed E-state index contributed by atoms with van der Waals surface area (Å²) < 4.78 is 43.8. The Labute approximate surface area is 173 Å². The zero-order valence-electron chi connectivity index (χ0n) is 16.5. The fourth-order valence-corrected chi connectivity index (χ4v) is 5.16. The Hall–Kier alpha value is -1.70. The van der Waals surface area contributed by atoms with Gasteiger partial charge in [-0.2, -0.15) is 13.2 Å². The molecule has 0 amide bonds. The zero-order valence-corrected chi connectivity index (χ0v) is 17.3. The lowest BCUT2D eigenvalue weighted by atomic mass is 9.87. The molecule has 2 N–H and O–H groups in total. The van der Waals surface area contributed by atoms with E-state index in [-0.39, 0.29) is 12.5 Å². The van der Waals surface area contributed by atoms with Crippen LogP contribution in [0.5, 0.6) is 5.75 Å². The molecule has 1 heterocycles. The summed E-state index contributed by atoms with van der Waals surface area (Å²) in [6.45, 7) is 1.95. The maximum atomic E-state index is 12.8. The van der Waals surface area contributed by atoms with Gasteiger partial charge in [0.1, 0.15) is 5.75 Å². The summed E-state index contributed by atoms with van der Waals surface area (Å²) in [5.41, 5.74) is 1.41. The maximum Gasteiger partial charge on any atom is 0.391 e. The van der Waals surface area contributed by atoms with Gasteiger partial charge in [0, 0.05) is 16.2 Å². The number of aliphatic hydroxyl groups excluding tert-OH is 1. The zero-order chi connectivity index (χ0) is 21.1. The van der Waals surface area contributed by atoms with E-state index in [4.69, 9.17) is 4.74 Å². The molecule has 0 aliphatic carbocycles. The smallest absolute Gasteiger partial charge is 0.391 e. The topological polar surface area (TPSA) is 41.5 Å². The fraction of sp³-hybridized carbons (Fsp3) is 0.455. The number of rotatable bonds is 6. The van der Waals surface area contributed by atoms with Crippen molar-refractivity contribution in [2.75, 3.05) is 12.9 Å². The van der Waals surface area contributed by atoms with Crippen molar-refractivity contribution in [3.8, 4) is 5.75 Å². The van der Waals surface area contributed by atoms with E-state index in [9.17, 15) is 18.3 Å². The fourth-order valence-electron chi connectivity index (χ4n) is 3.82. The van der Waals surface area contributed by atoms with Crippen LogP contribution in [0.25, 0.3) is 0 Å². The summed E-state index contributed by atoms with van der Waals surface area (Å²) in [4.78, 5) is 1.06. The van der Waals surface area contributed by atoms with Crippen molar-refractivity contribution in [2.45, 2.75) is 54.9 Å². The first-order valence-corrected chi connectivity index (χ1v) is 10.6. The Morgan fingerprint density at radius 3 is 2.59 bits per heavy atom. The van der Waals surface area contributed by atoms with Crippen molar-refractivity contribution < 1.29 is 23.0 Å². The van der Waals surface area contributed by atoms with Crippen LogP contribution in [0.1, 0.15) is 43.4 Å². The summed E-state index contributed by atoms with van der Waals surface area (Å²) in [5, 5.41) is 13.8. The standard InChI is InChI=1S/C22H26F3NO2S/c1-3-21(12-16(27)13-22(23,24)25)14-29-19-10-9-17(28-2)11-18(19)20(26-21)15-7-5-4-6-8-15/h4-11,16,20,26-27H,3,12-14H2,1-2H3. The van der Waals surface area contributed by atoms with Crippen molar-refractivity contribution in [1.82, 2.24) is 5.32 Å². The molecule has 0 spiro atoms. The molecule has 29 heavy (non-hydrogen) atoms. The van der Waals surface area contributed by atoms with E-state index in [1.54, 1.807) is 18.9 Å². The Balaban J connectivity index is 1.98. The van der Waals surface area contributed by atoms with E-state index in [1.807, 2.05) is 55.5 Å². The number of aliphatic hydroxyl groups is 1. The molecule has 0 saturated carbocycles. The minimum absolute atomic E-state index is 0.0322. The van der Waals surface area contributed by atoms with E-state index in [2.05, 4.69) is 5.32 Å². The normalized spacial score (nSPS) is 23.2. The van der Waals surface area contributed by atoms with Gasteiger partial charge in [0.05, 0.1) is 25.7 Å². The van der Waals surface area contributed by atoms with Gasteiger partial charge in [-0.05, 0) is 42.2 Å². The third-order valence-corrected chi connectivity index (χ3v) is 6.77. The van der Waals surface area contributed by atoms with Crippen LogP contribution < -0.4 is 10.1 Å². The third-order valence-electron chi connectivity index (χ3n) is 5.39. The molecule has 0 bridgehead atoms. The summed E-state index contributed by atoms with van der Waals surface area (Å²) in [6, 6.07) is 15.5. The first-order chi connectivity index (χ1) is 13.8. The number of nitrogens with one attached hydrogen (secondary N) is 1. The predicted octanol–water partition coefficient (Wildman–Crippen LogP) is 5.33. The molecule has 3 rings (SSSR count). The van der Waals surface area contributed by atoms with Crippen LogP contribution in [0, 0.1) is 0 Å². The van der Waals surface area contributed by atoms with Crippen LogP contribution in [-0.4, -0.2) is 35.8 Å². The number of fused-ring (bicyclic) bond motifs is 1. The second kappa shape index (κ2) is 8.98. The number of benzene rings is 2. The lowest BCUT2D eigenvalue weighted by Gasteiger charge is -2.37. The Kier molecular flexibility index (Phi) is 6.81. The molecule has 2 aromatic rings.